The van der Waals surface area contributed by atoms with Gasteiger partial charge in [-0.1, -0.05) is 27.2 Å². The molecule has 0 spiro atoms. The van der Waals surface area contributed by atoms with Gasteiger partial charge in [0.15, 0.2) is 0 Å². The Balaban J connectivity index is 1.99. The smallest absolute Gasteiger partial charge is 0.307 e. The van der Waals surface area contributed by atoms with E-state index in [2.05, 4.69) is 26.1 Å². The minimum Gasteiger partial charge on any atom is -0.481 e. The third kappa shape index (κ3) is 2.99. The van der Waals surface area contributed by atoms with Gasteiger partial charge in [-0.05, 0) is 43.4 Å². The summed E-state index contributed by atoms with van der Waals surface area (Å²) in [4.78, 5) is 23.8. The first-order valence-electron chi connectivity index (χ1n) is 7.97. The minimum absolute atomic E-state index is 0.0284. The first kappa shape index (κ1) is 15.3. The maximum Gasteiger partial charge on any atom is 0.307 e. The number of carboxylic acids is 1. The van der Waals surface area contributed by atoms with Crippen LogP contribution in [0.2, 0.25) is 0 Å². The lowest BCUT2D eigenvalue weighted by Crippen LogP contribution is -2.42. The number of carboxylic acid groups (broad SMARTS) is 1. The zero-order chi connectivity index (χ0) is 14.9. The molecule has 0 aromatic rings. The molecule has 2 saturated carbocycles. The van der Waals surface area contributed by atoms with E-state index in [0.29, 0.717) is 24.2 Å². The van der Waals surface area contributed by atoms with Crippen molar-refractivity contribution >= 4 is 11.9 Å². The summed E-state index contributed by atoms with van der Waals surface area (Å²) in [5.74, 6) is -0.150. The summed E-state index contributed by atoms with van der Waals surface area (Å²) in [6.07, 6.45) is 4.52. The Kier molecular flexibility index (Phi) is 4.71. The number of carbonyl (C=O) groups excluding carboxylic acids is 1. The van der Waals surface area contributed by atoms with Crippen LogP contribution in [0.25, 0.3) is 0 Å². The lowest BCUT2D eigenvalue weighted by atomic mass is 9.93. The van der Waals surface area contributed by atoms with Crippen LogP contribution in [0.3, 0.4) is 0 Å². The minimum atomic E-state index is -0.811. The zero-order valence-corrected chi connectivity index (χ0v) is 12.8. The molecular formula is C16H27NO3. The Morgan fingerprint density at radius 2 is 1.80 bits per heavy atom. The number of aliphatic carboxylic acids is 1. The fourth-order valence-electron chi connectivity index (χ4n) is 3.90. The lowest BCUT2D eigenvalue weighted by Gasteiger charge is -2.23. The molecule has 0 radical (unpaired) electrons. The van der Waals surface area contributed by atoms with Crippen LogP contribution in [0.15, 0.2) is 0 Å². The van der Waals surface area contributed by atoms with Crippen LogP contribution >= 0.6 is 0 Å². The maximum atomic E-state index is 12.5. The number of hydrogen-bond donors (Lipinski definition) is 2. The van der Waals surface area contributed by atoms with Crippen LogP contribution in [0.5, 0.6) is 0 Å². The highest BCUT2D eigenvalue weighted by Crippen LogP contribution is 2.39. The molecule has 2 fully saturated rings. The van der Waals surface area contributed by atoms with E-state index >= 15 is 0 Å². The molecule has 2 aliphatic carbocycles. The summed E-state index contributed by atoms with van der Waals surface area (Å²) < 4.78 is 0. The predicted molar refractivity (Wildman–Crippen MR) is 77.1 cm³/mol. The fraction of sp³-hybridized carbons (Fsp3) is 0.875. The fourth-order valence-corrected chi connectivity index (χ4v) is 3.90. The topological polar surface area (TPSA) is 66.4 Å². The average molecular weight is 281 g/mol. The van der Waals surface area contributed by atoms with E-state index in [1.807, 2.05) is 0 Å². The highest BCUT2D eigenvalue weighted by atomic mass is 16.4. The monoisotopic (exact) mass is 281 g/mol. The molecule has 0 aromatic carbocycles. The van der Waals surface area contributed by atoms with Gasteiger partial charge in [0.05, 0.1) is 11.8 Å². The molecule has 4 unspecified atom stereocenters. The molecule has 0 heterocycles. The molecule has 0 bridgehead atoms. The van der Waals surface area contributed by atoms with Crippen molar-refractivity contribution in [2.75, 3.05) is 0 Å². The molecular weight excluding hydrogens is 254 g/mol. The number of rotatable bonds is 4. The van der Waals surface area contributed by atoms with Gasteiger partial charge in [-0.15, -0.1) is 0 Å². The summed E-state index contributed by atoms with van der Waals surface area (Å²) in [6, 6.07) is 0.229. The van der Waals surface area contributed by atoms with Crippen LogP contribution in [0, 0.1) is 29.6 Å². The van der Waals surface area contributed by atoms with Crippen LogP contribution in [0.4, 0.5) is 0 Å². The largest absolute Gasteiger partial charge is 0.481 e. The van der Waals surface area contributed by atoms with Crippen molar-refractivity contribution in [2.45, 2.75) is 58.9 Å². The standard InChI is InChI=1S/C16H27NO3/c1-4-11-7-12(13(8-11)16(19)20)15(18)17-14-6-5-9(2)10(14)3/h9-14H,4-8H2,1-3H3,(H,17,18)(H,19,20)/t9?,10?,11?,12-,13+,14?/m0/s1. The number of amides is 1. The molecule has 114 valence electrons. The molecule has 20 heavy (non-hydrogen) atoms. The molecule has 6 atom stereocenters. The lowest BCUT2D eigenvalue weighted by molar-refractivity contribution is -0.146. The van der Waals surface area contributed by atoms with Crippen molar-refractivity contribution in [3.63, 3.8) is 0 Å². The molecule has 1 amide bonds. The van der Waals surface area contributed by atoms with Crippen LogP contribution in [-0.2, 0) is 9.59 Å². The molecule has 0 saturated heterocycles. The van der Waals surface area contributed by atoms with Gasteiger partial charge in [0.1, 0.15) is 0 Å². The van der Waals surface area contributed by atoms with Crippen molar-refractivity contribution < 1.29 is 14.7 Å². The van der Waals surface area contributed by atoms with Crippen LogP contribution in [0.1, 0.15) is 52.9 Å². The molecule has 0 aliphatic heterocycles. The van der Waals surface area contributed by atoms with E-state index in [9.17, 15) is 14.7 Å². The van der Waals surface area contributed by atoms with E-state index in [0.717, 1.165) is 25.7 Å². The van der Waals surface area contributed by atoms with Gasteiger partial charge in [-0.2, -0.15) is 0 Å². The zero-order valence-electron chi connectivity index (χ0n) is 12.8. The Bertz CT molecular complexity index is 382. The van der Waals surface area contributed by atoms with Gasteiger partial charge in [-0.3, -0.25) is 9.59 Å². The Morgan fingerprint density at radius 1 is 1.15 bits per heavy atom. The Labute approximate surface area is 121 Å². The van der Waals surface area contributed by atoms with E-state index in [1.165, 1.54) is 0 Å². The first-order valence-corrected chi connectivity index (χ1v) is 7.97. The second kappa shape index (κ2) is 6.15. The maximum absolute atomic E-state index is 12.5. The van der Waals surface area contributed by atoms with Crippen molar-refractivity contribution in [3.8, 4) is 0 Å². The average Bonchev–Trinajstić information content (AvgIpc) is 2.97. The molecule has 0 aromatic heterocycles. The summed E-state index contributed by atoms with van der Waals surface area (Å²) in [7, 11) is 0. The second-order valence-electron chi connectivity index (χ2n) is 6.83. The van der Waals surface area contributed by atoms with E-state index in [4.69, 9.17) is 0 Å². The van der Waals surface area contributed by atoms with Crippen LogP contribution < -0.4 is 5.32 Å². The first-order chi connectivity index (χ1) is 9.43. The molecule has 2 N–H and O–H groups in total. The molecule has 4 heteroatoms. The Hall–Kier alpha value is -1.06. The number of nitrogens with one attached hydrogen (secondary N) is 1. The highest BCUT2D eigenvalue weighted by molar-refractivity contribution is 5.85. The summed E-state index contributed by atoms with van der Waals surface area (Å²) in [5.41, 5.74) is 0. The van der Waals surface area contributed by atoms with E-state index in [-0.39, 0.29) is 17.9 Å². The summed E-state index contributed by atoms with van der Waals surface area (Å²) in [5, 5.41) is 12.4. The third-order valence-electron chi connectivity index (χ3n) is 5.68. The molecule has 2 rings (SSSR count). The summed E-state index contributed by atoms with van der Waals surface area (Å²) >= 11 is 0. The van der Waals surface area contributed by atoms with Crippen LogP contribution in [-0.4, -0.2) is 23.0 Å². The van der Waals surface area contributed by atoms with Gasteiger partial charge in [0.2, 0.25) is 5.91 Å². The van der Waals surface area contributed by atoms with Gasteiger partial charge in [0, 0.05) is 6.04 Å². The van der Waals surface area contributed by atoms with Gasteiger partial charge in [0.25, 0.3) is 0 Å². The van der Waals surface area contributed by atoms with Crippen molar-refractivity contribution in [3.05, 3.63) is 0 Å². The number of carbonyl (C=O) groups is 2. The van der Waals surface area contributed by atoms with Crippen molar-refractivity contribution in [1.82, 2.24) is 5.32 Å². The predicted octanol–water partition coefficient (Wildman–Crippen LogP) is 2.67. The Morgan fingerprint density at radius 3 is 2.30 bits per heavy atom. The van der Waals surface area contributed by atoms with Crippen molar-refractivity contribution in [1.29, 1.82) is 0 Å². The molecule has 2 aliphatic rings. The third-order valence-corrected chi connectivity index (χ3v) is 5.68. The number of hydrogen-bond acceptors (Lipinski definition) is 2. The summed E-state index contributed by atoms with van der Waals surface area (Å²) in [6.45, 7) is 6.48. The highest BCUT2D eigenvalue weighted by Gasteiger charge is 2.43. The van der Waals surface area contributed by atoms with Crippen molar-refractivity contribution in [2.24, 2.45) is 29.6 Å². The normalized spacial score (nSPS) is 40.8. The van der Waals surface area contributed by atoms with Gasteiger partial charge < -0.3 is 10.4 Å². The second-order valence-corrected chi connectivity index (χ2v) is 6.83. The van der Waals surface area contributed by atoms with Gasteiger partial charge in [-0.25, -0.2) is 0 Å². The quantitative estimate of drug-likeness (QED) is 0.832. The SMILES string of the molecule is CCC1C[C@H](C(=O)NC2CCC(C)C2C)[C@H](C(=O)O)C1. The van der Waals surface area contributed by atoms with E-state index < -0.39 is 11.9 Å². The van der Waals surface area contributed by atoms with E-state index in [1.54, 1.807) is 0 Å². The molecule has 4 nitrogen and oxygen atoms in total. The van der Waals surface area contributed by atoms with Gasteiger partial charge >= 0.3 is 5.97 Å².